The molecule has 174 valence electrons. The zero-order valence-electron chi connectivity index (χ0n) is 19.8. The normalized spacial score (nSPS) is 16.7. The maximum atomic E-state index is 12.5. The second-order valence-electron chi connectivity index (χ2n) is 8.77. The fourth-order valence-corrected chi connectivity index (χ4v) is 4.32. The lowest BCUT2D eigenvalue weighted by Gasteiger charge is -2.18. The van der Waals surface area contributed by atoms with Crippen LogP contribution in [-0.2, 0) is 19.6 Å². The molecule has 1 aliphatic rings. The largest absolute Gasteiger partial charge is 0.543 e. The first kappa shape index (κ1) is 25.2. The zero-order chi connectivity index (χ0) is 22.8. The average molecular weight is 435 g/mol. The lowest BCUT2D eigenvalue weighted by molar-refractivity contribution is -0.453. The van der Waals surface area contributed by atoms with E-state index in [0.29, 0.717) is 5.56 Å². The molecule has 0 bridgehead atoms. The van der Waals surface area contributed by atoms with Crippen molar-refractivity contribution in [1.29, 1.82) is 0 Å². The number of ether oxygens (including phenoxy) is 1. The molecule has 0 amide bonds. The topological polar surface area (TPSA) is 71.1 Å². The van der Waals surface area contributed by atoms with Crippen molar-refractivity contribution < 1.29 is 29.1 Å². The lowest BCUT2D eigenvalue weighted by atomic mass is 9.90. The van der Waals surface area contributed by atoms with Crippen LogP contribution in [0.25, 0.3) is 0 Å². The van der Waals surface area contributed by atoms with Crippen LogP contribution in [0.5, 0.6) is 0 Å². The summed E-state index contributed by atoms with van der Waals surface area (Å²) in [5.74, 6) is -0.694. The summed E-state index contributed by atoms with van der Waals surface area (Å²) in [7, 11) is 0. The number of carbonyl (C=O) groups is 2. The number of hydrogen-bond acceptors (Lipinski definition) is 6. The van der Waals surface area contributed by atoms with Gasteiger partial charge in [-0.05, 0) is 88.1 Å². The monoisotopic (exact) mass is 434 g/mol. The second kappa shape index (κ2) is 12.7. The van der Waals surface area contributed by atoms with Crippen LogP contribution in [0.2, 0.25) is 0 Å². The van der Waals surface area contributed by atoms with E-state index in [1.54, 1.807) is 0 Å². The molecule has 0 spiro atoms. The molecule has 1 aromatic rings. The van der Waals surface area contributed by atoms with Crippen LogP contribution in [0.15, 0.2) is 0 Å². The molecule has 1 saturated carbocycles. The van der Waals surface area contributed by atoms with E-state index in [-0.39, 0.29) is 6.10 Å². The van der Waals surface area contributed by atoms with Gasteiger partial charge in [-0.25, -0.2) is 14.5 Å². The molecule has 0 atom stereocenters. The molecule has 0 N–H and O–H groups in total. The fourth-order valence-electron chi connectivity index (χ4n) is 4.32. The molecule has 6 nitrogen and oxygen atoms in total. The van der Waals surface area contributed by atoms with Gasteiger partial charge in [0.25, 0.3) is 0 Å². The summed E-state index contributed by atoms with van der Waals surface area (Å²) in [6, 6.07) is 0. The molecule has 6 heteroatoms. The molecule has 0 unspecified atom stereocenters. The second-order valence-corrected chi connectivity index (χ2v) is 8.77. The molecule has 1 fully saturated rings. The summed E-state index contributed by atoms with van der Waals surface area (Å²) in [6.45, 7) is 9.68. The van der Waals surface area contributed by atoms with Gasteiger partial charge in [0.05, 0.1) is 10.6 Å². The molecule has 0 heterocycles. The highest BCUT2D eigenvalue weighted by Crippen LogP contribution is 2.26. The molecule has 1 aliphatic carbocycles. The summed E-state index contributed by atoms with van der Waals surface area (Å²) in [5, 5.41) is 4.49. The SMILES string of the molecule is Cc1c(C)c(C)c(C(=O)OOOC(=O)OC2CCCCCCCCCCC2)c(C)c1C. The van der Waals surface area contributed by atoms with Gasteiger partial charge in [-0.15, -0.1) is 0 Å². The maximum absolute atomic E-state index is 12.5. The van der Waals surface area contributed by atoms with E-state index < -0.39 is 12.1 Å². The number of benzene rings is 1. The summed E-state index contributed by atoms with van der Waals surface area (Å²) < 4.78 is 5.41. The predicted octanol–water partition coefficient (Wildman–Crippen LogP) is 7.06. The van der Waals surface area contributed by atoms with Gasteiger partial charge in [0, 0.05) is 0 Å². The van der Waals surface area contributed by atoms with E-state index in [0.717, 1.165) is 66.3 Å². The lowest BCUT2D eigenvalue weighted by Crippen LogP contribution is -2.21. The molecule has 0 aliphatic heterocycles. The van der Waals surface area contributed by atoms with Crippen molar-refractivity contribution in [1.82, 2.24) is 0 Å². The quantitative estimate of drug-likeness (QED) is 0.287. The molecular formula is C25H38O6. The average Bonchev–Trinajstić information content (AvgIpc) is 2.73. The third kappa shape index (κ3) is 7.53. The van der Waals surface area contributed by atoms with Crippen molar-refractivity contribution in [2.24, 2.45) is 0 Å². The number of rotatable bonds is 4. The smallest absolute Gasteiger partial charge is 0.429 e. The van der Waals surface area contributed by atoms with E-state index >= 15 is 0 Å². The van der Waals surface area contributed by atoms with Crippen molar-refractivity contribution in [3.8, 4) is 0 Å². The minimum Gasteiger partial charge on any atom is -0.429 e. The third-order valence-electron chi connectivity index (χ3n) is 6.73. The van der Waals surface area contributed by atoms with Crippen LogP contribution in [0.1, 0.15) is 109 Å². The molecule has 0 aromatic heterocycles. The fraction of sp³-hybridized carbons (Fsp3) is 0.680. The molecule has 1 aromatic carbocycles. The summed E-state index contributed by atoms with van der Waals surface area (Å²) >= 11 is 0. The Balaban J connectivity index is 1.84. The van der Waals surface area contributed by atoms with Crippen LogP contribution in [0.3, 0.4) is 0 Å². The Bertz CT molecular complexity index is 714. The highest BCUT2D eigenvalue weighted by Gasteiger charge is 2.22. The van der Waals surface area contributed by atoms with E-state index in [4.69, 9.17) is 9.62 Å². The Morgan fingerprint density at radius 3 is 1.52 bits per heavy atom. The first-order chi connectivity index (χ1) is 14.8. The van der Waals surface area contributed by atoms with Crippen molar-refractivity contribution >= 4 is 12.1 Å². The van der Waals surface area contributed by atoms with Crippen LogP contribution in [0, 0.1) is 34.6 Å². The van der Waals surface area contributed by atoms with Gasteiger partial charge in [-0.1, -0.05) is 44.9 Å². The third-order valence-corrected chi connectivity index (χ3v) is 6.73. The first-order valence-electron chi connectivity index (χ1n) is 11.7. The Labute approximate surface area is 186 Å². The van der Waals surface area contributed by atoms with E-state index in [9.17, 15) is 9.59 Å². The van der Waals surface area contributed by atoms with Crippen molar-refractivity contribution in [3.63, 3.8) is 0 Å². The summed E-state index contributed by atoms with van der Waals surface area (Å²) in [5.41, 5.74) is 5.27. The Hall–Kier alpha value is -2.08. The van der Waals surface area contributed by atoms with Crippen LogP contribution in [0.4, 0.5) is 4.79 Å². The van der Waals surface area contributed by atoms with Crippen LogP contribution < -0.4 is 0 Å². The Kier molecular flexibility index (Phi) is 10.3. The molecule has 31 heavy (non-hydrogen) atoms. The van der Waals surface area contributed by atoms with E-state index in [2.05, 4.69) is 9.93 Å². The van der Waals surface area contributed by atoms with Gasteiger partial charge >= 0.3 is 12.1 Å². The minimum absolute atomic E-state index is 0.196. The van der Waals surface area contributed by atoms with E-state index in [1.165, 1.54) is 32.1 Å². The highest BCUT2D eigenvalue weighted by atomic mass is 17.5. The van der Waals surface area contributed by atoms with Crippen molar-refractivity contribution in [2.45, 2.75) is 111 Å². The van der Waals surface area contributed by atoms with Crippen LogP contribution >= 0.6 is 0 Å². The first-order valence-corrected chi connectivity index (χ1v) is 11.7. The zero-order valence-corrected chi connectivity index (χ0v) is 19.8. The maximum Gasteiger partial charge on any atom is 0.543 e. The van der Waals surface area contributed by atoms with Gasteiger partial charge in [0.1, 0.15) is 6.10 Å². The summed E-state index contributed by atoms with van der Waals surface area (Å²) in [6.07, 6.45) is 11.2. The molecule has 0 radical (unpaired) electrons. The summed E-state index contributed by atoms with van der Waals surface area (Å²) in [4.78, 5) is 33.9. The van der Waals surface area contributed by atoms with Crippen molar-refractivity contribution in [3.05, 3.63) is 33.4 Å². The standard InChI is InChI=1S/C25H38O6/c1-17-18(2)20(4)23(21(5)19(17)3)24(26)29-31-30-25(27)28-22-15-13-11-9-7-6-8-10-12-14-16-22/h22H,6-16H2,1-5H3. The molecule has 0 saturated heterocycles. The van der Waals surface area contributed by atoms with Crippen molar-refractivity contribution in [2.75, 3.05) is 0 Å². The number of hydrogen-bond donors (Lipinski definition) is 0. The van der Waals surface area contributed by atoms with Gasteiger partial charge < -0.3 is 4.74 Å². The Morgan fingerprint density at radius 2 is 1.03 bits per heavy atom. The molecular weight excluding hydrogens is 396 g/mol. The van der Waals surface area contributed by atoms with Gasteiger partial charge in [-0.3, -0.25) is 4.89 Å². The van der Waals surface area contributed by atoms with E-state index in [1.807, 2.05) is 34.6 Å². The Morgan fingerprint density at radius 1 is 0.613 bits per heavy atom. The van der Waals surface area contributed by atoms with Crippen LogP contribution in [-0.4, -0.2) is 18.2 Å². The highest BCUT2D eigenvalue weighted by molar-refractivity contribution is 5.93. The minimum atomic E-state index is -0.977. The number of carbonyl (C=O) groups excluding carboxylic acids is 2. The predicted molar refractivity (Wildman–Crippen MR) is 119 cm³/mol. The van der Waals surface area contributed by atoms with Gasteiger partial charge in [0.15, 0.2) is 0 Å². The van der Waals surface area contributed by atoms with Gasteiger partial charge in [0.2, 0.25) is 0 Å². The molecule has 2 rings (SSSR count). The van der Waals surface area contributed by atoms with Gasteiger partial charge in [-0.2, -0.15) is 0 Å².